The van der Waals surface area contributed by atoms with Crippen LogP contribution in [-0.4, -0.2) is 19.8 Å². The molecule has 0 aliphatic heterocycles. The van der Waals surface area contributed by atoms with E-state index in [0.717, 1.165) is 26.3 Å². The number of nitrogens with zero attached hydrogens (tertiary/aromatic N) is 4. The van der Waals surface area contributed by atoms with E-state index in [1.165, 1.54) is 16.3 Å². The molecule has 5 aromatic rings. The minimum Gasteiger partial charge on any atom is -0.255 e. The fourth-order valence-corrected chi connectivity index (χ4v) is 4.28. The van der Waals surface area contributed by atoms with Crippen LogP contribution in [0.1, 0.15) is 25.3 Å². The zero-order chi connectivity index (χ0) is 17.0. The van der Waals surface area contributed by atoms with E-state index < -0.39 is 0 Å². The fourth-order valence-electron chi connectivity index (χ4n) is 3.37. The number of pyridine rings is 1. The average Bonchev–Trinajstić information content (AvgIpc) is 3.21. The monoisotopic (exact) mass is 344 g/mol. The number of thiazole rings is 1. The van der Waals surface area contributed by atoms with Crippen LogP contribution in [0.3, 0.4) is 0 Å². The first kappa shape index (κ1) is 14.5. The van der Waals surface area contributed by atoms with Gasteiger partial charge in [0, 0.05) is 11.8 Å². The molecule has 0 saturated heterocycles. The summed E-state index contributed by atoms with van der Waals surface area (Å²) in [6.45, 7) is 4.47. The highest BCUT2D eigenvalue weighted by Crippen LogP contribution is 2.33. The van der Waals surface area contributed by atoms with Crippen molar-refractivity contribution in [3.8, 4) is 11.3 Å². The summed E-state index contributed by atoms with van der Waals surface area (Å²) in [5, 5.41) is 10.7. The van der Waals surface area contributed by atoms with Crippen LogP contribution in [-0.2, 0) is 0 Å². The van der Waals surface area contributed by atoms with Gasteiger partial charge in [0.05, 0.1) is 22.1 Å². The zero-order valence-electron chi connectivity index (χ0n) is 14.0. The van der Waals surface area contributed by atoms with Crippen LogP contribution in [0.5, 0.6) is 0 Å². The minimum atomic E-state index is 0.455. The Labute approximate surface area is 148 Å². The quantitative estimate of drug-likeness (QED) is 0.437. The van der Waals surface area contributed by atoms with Gasteiger partial charge in [-0.25, -0.2) is 4.52 Å². The molecule has 0 amide bonds. The molecule has 0 N–H and O–H groups in total. The molecule has 0 bridgehead atoms. The molecule has 5 heteroatoms. The van der Waals surface area contributed by atoms with Crippen molar-refractivity contribution in [2.75, 3.05) is 0 Å². The van der Waals surface area contributed by atoms with Crippen molar-refractivity contribution in [2.45, 2.75) is 19.8 Å². The summed E-state index contributed by atoms with van der Waals surface area (Å²) >= 11 is 1.66. The Morgan fingerprint density at radius 3 is 2.80 bits per heavy atom. The molecule has 0 radical (unpaired) electrons. The molecule has 0 fully saturated rings. The third-order valence-corrected chi connectivity index (χ3v) is 5.64. The summed E-state index contributed by atoms with van der Waals surface area (Å²) in [7, 11) is 0. The standard InChI is InChI=1S/C20H16N4S/c1-12(2)16-8-14(7-13-5-3-4-6-15(13)16)17-9-18-19(10-21-17)25-20-11-22-23-24(18)20/h3-12H,1-2H3. The number of hydrogen-bond acceptors (Lipinski definition) is 4. The molecule has 5 rings (SSSR count). The van der Waals surface area contributed by atoms with Crippen LogP contribution in [0.4, 0.5) is 0 Å². The van der Waals surface area contributed by atoms with Crippen molar-refractivity contribution >= 4 is 37.2 Å². The van der Waals surface area contributed by atoms with Crippen LogP contribution in [0.15, 0.2) is 54.9 Å². The number of rotatable bonds is 2. The fraction of sp³-hybridized carbons (Fsp3) is 0.150. The molecule has 4 nitrogen and oxygen atoms in total. The summed E-state index contributed by atoms with van der Waals surface area (Å²) in [4.78, 5) is 5.75. The van der Waals surface area contributed by atoms with Crippen molar-refractivity contribution in [2.24, 2.45) is 0 Å². The molecule has 0 aliphatic rings. The van der Waals surface area contributed by atoms with E-state index in [0.29, 0.717) is 5.92 Å². The molecule has 25 heavy (non-hydrogen) atoms. The molecule has 122 valence electrons. The van der Waals surface area contributed by atoms with Gasteiger partial charge in [0.25, 0.3) is 0 Å². The van der Waals surface area contributed by atoms with Gasteiger partial charge in [0.2, 0.25) is 0 Å². The minimum absolute atomic E-state index is 0.455. The molecular formula is C20H16N4S. The van der Waals surface area contributed by atoms with Gasteiger partial charge in [0.15, 0.2) is 0 Å². The normalized spacial score (nSPS) is 12.0. The molecule has 3 aromatic heterocycles. The smallest absolute Gasteiger partial charge is 0.140 e. The van der Waals surface area contributed by atoms with Gasteiger partial charge in [-0.15, -0.1) is 16.4 Å². The van der Waals surface area contributed by atoms with Crippen molar-refractivity contribution in [1.29, 1.82) is 0 Å². The summed E-state index contributed by atoms with van der Waals surface area (Å²) in [6, 6.07) is 15.2. The van der Waals surface area contributed by atoms with E-state index in [-0.39, 0.29) is 0 Å². The van der Waals surface area contributed by atoms with Crippen LogP contribution in [0.25, 0.3) is 37.1 Å². The molecule has 3 heterocycles. The van der Waals surface area contributed by atoms with E-state index >= 15 is 0 Å². The van der Waals surface area contributed by atoms with Gasteiger partial charge in [-0.3, -0.25) is 4.98 Å². The molecule has 0 spiro atoms. The molecule has 2 aromatic carbocycles. The predicted molar refractivity (Wildman–Crippen MR) is 103 cm³/mol. The van der Waals surface area contributed by atoms with Crippen molar-refractivity contribution < 1.29 is 0 Å². The summed E-state index contributed by atoms with van der Waals surface area (Å²) < 4.78 is 3.01. The third kappa shape index (κ3) is 2.23. The number of benzene rings is 2. The number of fused-ring (bicyclic) bond motifs is 4. The second-order valence-electron chi connectivity index (χ2n) is 6.56. The zero-order valence-corrected chi connectivity index (χ0v) is 14.8. The van der Waals surface area contributed by atoms with E-state index in [4.69, 9.17) is 4.98 Å². The molecule has 0 saturated carbocycles. The number of aromatic nitrogens is 4. The van der Waals surface area contributed by atoms with E-state index in [1.54, 1.807) is 17.5 Å². The van der Waals surface area contributed by atoms with Gasteiger partial charge >= 0.3 is 0 Å². The first-order valence-corrected chi connectivity index (χ1v) is 9.14. The Hall–Kier alpha value is -2.79. The SMILES string of the molecule is CC(C)c1cc(-c2cc3c(cn2)sc2cnnn23)cc2ccccc12. The van der Waals surface area contributed by atoms with Crippen LogP contribution in [0.2, 0.25) is 0 Å². The van der Waals surface area contributed by atoms with Crippen molar-refractivity contribution in [3.63, 3.8) is 0 Å². The van der Waals surface area contributed by atoms with E-state index in [2.05, 4.69) is 66.6 Å². The Balaban J connectivity index is 1.78. The third-order valence-electron chi connectivity index (χ3n) is 4.62. The second kappa shape index (κ2) is 5.36. The highest BCUT2D eigenvalue weighted by molar-refractivity contribution is 7.23. The van der Waals surface area contributed by atoms with Gasteiger partial charge in [-0.2, -0.15) is 0 Å². The van der Waals surface area contributed by atoms with E-state index in [1.807, 2.05) is 10.7 Å². The first-order valence-electron chi connectivity index (χ1n) is 8.33. The van der Waals surface area contributed by atoms with Gasteiger partial charge in [-0.05, 0) is 40.5 Å². The van der Waals surface area contributed by atoms with Crippen LogP contribution in [0, 0.1) is 0 Å². The second-order valence-corrected chi connectivity index (χ2v) is 7.63. The predicted octanol–water partition coefficient (Wildman–Crippen LogP) is 5.28. The highest BCUT2D eigenvalue weighted by Gasteiger charge is 2.12. The topological polar surface area (TPSA) is 43.1 Å². The van der Waals surface area contributed by atoms with Crippen LogP contribution >= 0.6 is 11.3 Å². The molecule has 0 aliphatic carbocycles. The number of hydrogen-bond donors (Lipinski definition) is 0. The molecule has 0 atom stereocenters. The lowest BCUT2D eigenvalue weighted by molar-refractivity contribution is 0.876. The summed E-state index contributed by atoms with van der Waals surface area (Å²) in [6.07, 6.45) is 3.73. The van der Waals surface area contributed by atoms with Crippen molar-refractivity contribution in [3.05, 3.63) is 60.4 Å². The summed E-state index contributed by atoms with van der Waals surface area (Å²) in [5.74, 6) is 0.455. The van der Waals surface area contributed by atoms with E-state index in [9.17, 15) is 0 Å². The molecule has 0 unspecified atom stereocenters. The van der Waals surface area contributed by atoms with Crippen LogP contribution < -0.4 is 0 Å². The Bertz CT molecular complexity index is 1230. The Morgan fingerprint density at radius 2 is 1.92 bits per heavy atom. The Kier molecular flexibility index (Phi) is 3.12. The lowest BCUT2D eigenvalue weighted by atomic mass is 9.92. The summed E-state index contributed by atoms with van der Waals surface area (Å²) in [5.41, 5.74) is 4.52. The lowest BCUT2D eigenvalue weighted by Crippen LogP contribution is -1.93. The van der Waals surface area contributed by atoms with Gasteiger partial charge in [0.1, 0.15) is 4.83 Å². The lowest BCUT2D eigenvalue weighted by Gasteiger charge is -2.13. The average molecular weight is 344 g/mol. The maximum absolute atomic E-state index is 4.71. The maximum atomic E-state index is 4.71. The van der Waals surface area contributed by atoms with Gasteiger partial charge < -0.3 is 0 Å². The Morgan fingerprint density at radius 1 is 1.04 bits per heavy atom. The first-order chi connectivity index (χ1) is 12.2. The largest absolute Gasteiger partial charge is 0.255 e. The van der Waals surface area contributed by atoms with Gasteiger partial charge in [-0.1, -0.05) is 43.3 Å². The highest BCUT2D eigenvalue weighted by atomic mass is 32.1. The van der Waals surface area contributed by atoms with Crippen molar-refractivity contribution in [1.82, 2.24) is 19.8 Å². The molecular weight excluding hydrogens is 328 g/mol. The maximum Gasteiger partial charge on any atom is 0.140 e.